The van der Waals surface area contributed by atoms with Crippen molar-refractivity contribution >= 4 is 40.2 Å². The highest BCUT2D eigenvalue weighted by atomic mass is 35.5. The predicted octanol–water partition coefficient (Wildman–Crippen LogP) is 9.07. The molecular weight excluding hydrogens is 605 g/mol. The highest BCUT2D eigenvalue weighted by Crippen LogP contribution is 2.39. The first kappa shape index (κ1) is 30.0. The van der Waals surface area contributed by atoms with Crippen molar-refractivity contribution in [3.05, 3.63) is 101 Å². The quantitative estimate of drug-likeness (QED) is 0.183. The predicted molar refractivity (Wildman–Crippen MR) is 177 cm³/mol. The number of hydrogen-bond donors (Lipinski definition) is 1. The molecule has 234 valence electrons. The number of benzene rings is 4. The minimum atomic E-state index is -1.03. The van der Waals surface area contributed by atoms with Crippen molar-refractivity contribution in [3.8, 4) is 28.3 Å². The summed E-state index contributed by atoms with van der Waals surface area (Å²) < 4.78 is 24.2. The molecule has 1 saturated heterocycles. The Bertz CT molecular complexity index is 1950. The van der Waals surface area contributed by atoms with Gasteiger partial charge < -0.3 is 19.3 Å². The molecule has 4 aromatic carbocycles. The fourth-order valence-electron chi connectivity index (χ4n) is 6.78. The Hall–Kier alpha value is -4.69. The van der Waals surface area contributed by atoms with Gasteiger partial charge in [-0.25, -0.2) is 14.2 Å². The van der Waals surface area contributed by atoms with Gasteiger partial charge in [-0.1, -0.05) is 61.2 Å². The third kappa shape index (κ3) is 5.73. The molecule has 0 radical (unpaired) electrons. The molecule has 1 N–H and O–H groups in total. The van der Waals surface area contributed by atoms with Crippen LogP contribution in [0.3, 0.4) is 0 Å². The number of aromatic carboxylic acids is 1. The Kier molecular flexibility index (Phi) is 8.21. The molecule has 0 spiro atoms. The molecule has 1 amide bonds. The maximum absolute atomic E-state index is 16.0. The molecule has 1 aromatic heterocycles. The zero-order valence-corrected chi connectivity index (χ0v) is 26.0. The summed E-state index contributed by atoms with van der Waals surface area (Å²) in [5, 5.41) is 10.0. The van der Waals surface area contributed by atoms with Gasteiger partial charge in [-0.3, -0.25) is 4.79 Å². The third-order valence-corrected chi connectivity index (χ3v) is 9.38. The molecule has 2 aliphatic rings. The largest absolute Gasteiger partial charge is 0.489 e. The zero-order valence-electron chi connectivity index (χ0n) is 25.2. The van der Waals surface area contributed by atoms with Crippen LogP contribution in [-0.2, 0) is 11.4 Å². The monoisotopic (exact) mass is 637 g/mol. The number of carboxylic acids is 1. The van der Waals surface area contributed by atoms with Crippen molar-refractivity contribution in [2.45, 2.75) is 57.6 Å². The Balaban J connectivity index is 1.22. The molecule has 46 heavy (non-hydrogen) atoms. The second kappa shape index (κ2) is 12.6. The molecule has 1 aliphatic heterocycles. The lowest BCUT2D eigenvalue weighted by Gasteiger charge is -2.26. The number of imidazole rings is 1. The first-order valence-corrected chi connectivity index (χ1v) is 16.1. The summed E-state index contributed by atoms with van der Waals surface area (Å²) in [5.74, 6) is -0.637. The standard InChI is InChI=1S/C37H33ClFN3O4/c38-30-21-29(23-8-3-1-4-9-23)25(19-34(30)41-17-7-12-35(41)43)22-46-27-14-15-28(31(39)20-27)36-40-32-18-24(37(44)45)13-16-33(32)42(36)26-10-5-2-6-11-26/h1,3-4,8-9,13-16,18-21,26H,2,5-7,10-12,17,22H2,(H,44,45). The van der Waals surface area contributed by atoms with Gasteiger partial charge in [-0.2, -0.15) is 0 Å². The molecular formula is C37H33ClFN3O4. The minimum absolute atomic E-state index is 0.0392. The number of rotatable bonds is 8. The number of anilines is 1. The van der Waals surface area contributed by atoms with E-state index < -0.39 is 11.8 Å². The summed E-state index contributed by atoms with van der Waals surface area (Å²) in [6.07, 6.45) is 6.50. The molecule has 0 unspecified atom stereocenters. The van der Waals surface area contributed by atoms with Crippen LogP contribution < -0.4 is 9.64 Å². The van der Waals surface area contributed by atoms with E-state index in [0.29, 0.717) is 46.3 Å². The number of ether oxygens (including phenoxy) is 1. The van der Waals surface area contributed by atoms with E-state index in [2.05, 4.69) is 4.57 Å². The lowest BCUT2D eigenvalue weighted by Crippen LogP contribution is -2.24. The average Bonchev–Trinajstić information content (AvgIpc) is 3.67. The van der Waals surface area contributed by atoms with Crippen molar-refractivity contribution in [1.29, 1.82) is 0 Å². The van der Waals surface area contributed by atoms with Crippen LogP contribution in [0.4, 0.5) is 10.1 Å². The van der Waals surface area contributed by atoms with Gasteiger partial charge in [0, 0.05) is 25.1 Å². The van der Waals surface area contributed by atoms with Crippen molar-refractivity contribution in [2.24, 2.45) is 0 Å². The van der Waals surface area contributed by atoms with Crippen molar-refractivity contribution < 1.29 is 23.8 Å². The van der Waals surface area contributed by atoms with Gasteiger partial charge in [0.15, 0.2) is 0 Å². The first-order valence-electron chi connectivity index (χ1n) is 15.7. The molecule has 7 rings (SSSR count). The van der Waals surface area contributed by atoms with E-state index in [0.717, 1.165) is 60.7 Å². The number of carbonyl (C=O) groups is 2. The first-order chi connectivity index (χ1) is 22.4. The van der Waals surface area contributed by atoms with Crippen molar-refractivity contribution in [3.63, 3.8) is 0 Å². The van der Waals surface area contributed by atoms with Gasteiger partial charge in [0.1, 0.15) is 24.0 Å². The summed E-state index contributed by atoms with van der Waals surface area (Å²) in [5.41, 5.74) is 5.11. The van der Waals surface area contributed by atoms with Crippen LogP contribution in [0.5, 0.6) is 5.75 Å². The third-order valence-electron chi connectivity index (χ3n) is 9.07. The second-order valence-electron chi connectivity index (χ2n) is 12.0. The Morgan fingerprint density at radius 3 is 2.48 bits per heavy atom. The molecule has 1 saturated carbocycles. The van der Waals surface area contributed by atoms with Crippen LogP contribution in [0, 0.1) is 5.82 Å². The number of carboxylic acid groups (broad SMARTS) is 1. The Labute approximate surface area is 271 Å². The minimum Gasteiger partial charge on any atom is -0.489 e. The topological polar surface area (TPSA) is 84.7 Å². The van der Waals surface area contributed by atoms with Crippen LogP contribution in [0.2, 0.25) is 5.02 Å². The summed E-state index contributed by atoms with van der Waals surface area (Å²) >= 11 is 6.71. The molecule has 0 bridgehead atoms. The molecule has 7 nitrogen and oxygen atoms in total. The van der Waals surface area contributed by atoms with Crippen LogP contribution in [0.1, 0.15) is 66.9 Å². The highest BCUT2D eigenvalue weighted by Gasteiger charge is 2.26. The Morgan fingerprint density at radius 1 is 0.957 bits per heavy atom. The SMILES string of the molecule is O=C(O)c1ccc2c(c1)nc(-c1ccc(OCc3cc(N4CCCC4=O)c(Cl)cc3-c3ccccc3)cc1F)n2C1CCCCC1. The van der Waals surface area contributed by atoms with E-state index >= 15 is 4.39 Å². The van der Waals surface area contributed by atoms with Gasteiger partial charge in [0.25, 0.3) is 0 Å². The van der Waals surface area contributed by atoms with Crippen molar-refractivity contribution in [1.82, 2.24) is 9.55 Å². The van der Waals surface area contributed by atoms with E-state index in [4.69, 9.17) is 21.3 Å². The van der Waals surface area contributed by atoms with Crippen molar-refractivity contribution in [2.75, 3.05) is 11.4 Å². The summed E-state index contributed by atoms with van der Waals surface area (Å²) in [6.45, 7) is 0.743. The molecule has 1 aliphatic carbocycles. The van der Waals surface area contributed by atoms with Crippen LogP contribution >= 0.6 is 11.6 Å². The van der Waals surface area contributed by atoms with E-state index in [9.17, 15) is 14.7 Å². The zero-order chi connectivity index (χ0) is 31.8. The summed E-state index contributed by atoms with van der Waals surface area (Å²) in [4.78, 5) is 30.7. The van der Waals surface area contributed by atoms with E-state index in [-0.39, 0.29) is 24.1 Å². The van der Waals surface area contributed by atoms with Gasteiger partial charge >= 0.3 is 5.97 Å². The number of fused-ring (bicyclic) bond motifs is 1. The van der Waals surface area contributed by atoms with Crippen LogP contribution in [-0.4, -0.2) is 33.1 Å². The van der Waals surface area contributed by atoms with E-state index in [1.807, 2.05) is 42.5 Å². The molecule has 2 heterocycles. The molecule has 5 aromatic rings. The number of aromatic nitrogens is 2. The van der Waals surface area contributed by atoms with Crippen LogP contribution in [0.25, 0.3) is 33.5 Å². The summed E-state index contributed by atoms with van der Waals surface area (Å²) in [6, 6.07) is 23.4. The number of carbonyl (C=O) groups excluding carboxylic acids is 1. The number of halogens is 2. The highest BCUT2D eigenvalue weighted by molar-refractivity contribution is 6.34. The van der Waals surface area contributed by atoms with Gasteiger partial charge in [0.05, 0.1) is 32.9 Å². The number of amides is 1. The smallest absolute Gasteiger partial charge is 0.335 e. The lowest BCUT2D eigenvalue weighted by atomic mass is 9.94. The maximum atomic E-state index is 16.0. The number of nitrogens with zero attached hydrogens (tertiary/aromatic N) is 3. The lowest BCUT2D eigenvalue weighted by molar-refractivity contribution is -0.117. The Morgan fingerprint density at radius 2 is 1.76 bits per heavy atom. The van der Waals surface area contributed by atoms with E-state index in [1.165, 1.54) is 6.07 Å². The van der Waals surface area contributed by atoms with Crippen LogP contribution in [0.15, 0.2) is 78.9 Å². The second-order valence-corrected chi connectivity index (χ2v) is 12.4. The fourth-order valence-corrected chi connectivity index (χ4v) is 7.05. The molecule has 0 atom stereocenters. The fraction of sp³-hybridized carbons (Fsp3) is 0.270. The van der Waals surface area contributed by atoms with Gasteiger partial charge in [-0.15, -0.1) is 0 Å². The van der Waals surface area contributed by atoms with Gasteiger partial charge in [0.2, 0.25) is 5.91 Å². The normalized spacial score (nSPS) is 15.5. The average molecular weight is 638 g/mol. The molecule has 9 heteroatoms. The maximum Gasteiger partial charge on any atom is 0.335 e. The molecule has 2 fully saturated rings. The van der Waals surface area contributed by atoms with Gasteiger partial charge in [-0.05, 0) is 78.4 Å². The van der Waals surface area contributed by atoms with E-state index in [1.54, 1.807) is 35.2 Å². The number of hydrogen-bond acceptors (Lipinski definition) is 4. The summed E-state index contributed by atoms with van der Waals surface area (Å²) in [7, 11) is 0.